The molecular formula is C7H16N2O2. The zero-order valence-electron chi connectivity index (χ0n) is 7.55. The molecule has 1 atom stereocenters. The van der Waals surface area contributed by atoms with E-state index in [0.717, 1.165) is 0 Å². The molecule has 66 valence electrons. The topological polar surface area (TPSA) is 55.6 Å². The van der Waals surface area contributed by atoms with E-state index in [1.807, 2.05) is 19.0 Å². The largest absolute Gasteiger partial charge is 0.468 e. The summed E-state index contributed by atoms with van der Waals surface area (Å²) in [4.78, 5) is 12.8. The van der Waals surface area contributed by atoms with E-state index >= 15 is 0 Å². The Balaban J connectivity index is 4.09. The van der Waals surface area contributed by atoms with Gasteiger partial charge in [0, 0.05) is 6.54 Å². The number of ether oxygens (including phenoxy) is 1. The van der Waals surface area contributed by atoms with Crippen LogP contribution in [-0.2, 0) is 9.53 Å². The first-order valence-corrected chi connectivity index (χ1v) is 3.42. The van der Waals surface area contributed by atoms with Crippen molar-refractivity contribution < 1.29 is 9.53 Å². The quantitative estimate of drug-likeness (QED) is 0.562. The summed E-state index contributed by atoms with van der Waals surface area (Å²) in [6.07, 6.45) is 0. The van der Waals surface area contributed by atoms with Crippen LogP contribution in [0, 0.1) is 0 Å². The lowest BCUT2D eigenvalue weighted by atomic mass is 10.0. The highest BCUT2D eigenvalue weighted by Crippen LogP contribution is 2.02. The molecule has 0 bridgehead atoms. The number of methoxy groups -OCH3 is 1. The minimum atomic E-state index is -0.905. The van der Waals surface area contributed by atoms with Crippen LogP contribution in [0.3, 0.4) is 0 Å². The molecule has 4 nitrogen and oxygen atoms in total. The fourth-order valence-corrected chi connectivity index (χ4v) is 0.955. The second-order valence-electron chi connectivity index (χ2n) is 3.15. The van der Waals surface area contributed by atoms with Crippen molar-refractivity contribution in [3.05, 3.63) is 0 Å². The maximum Gasteiger partial charge on any atom is 0.326 e. The van der Waals surface area contributed by atoms with Gasteiger partial charge < -0.3 is 15.4 Å². The van der Waals surface area contributed by atoms with Crippen LogP contribution in [-0.4, -0.2) is 44.2 Å². The zero-order chi connectivity index (χ0) is 9.07. The first kappa shape index (κ1) is 10.4. The molecule has 0 heterocycles. The monoisotopic (exact) mass is 160 g/mol. The summed E-state index contributed by atoms with van der Waals surface area (Å²) in [5.74, 6) is -0.383. The van der Waals surface area contributed by atoms with Gasteiger partial charge in [-0.1, -0.05) is 0 Å². The van der Waals surface area contributed by atoms with E-state index in [2.05, 4.69) is 4.74 Å². The van der Waals surface area contributed by atoms with Gasteiger partial charge in [0.15, 0.2) is 0 Å². The molecule has 0 amide bonds. The van der Waals surface area contributed by atoms with E-state index in [1.54, 1.807) is 6.92 Å². The summed E-state index contributed by atoms with van der Waals surface area (Å²) in [5.41, 5.74) is 4.75. The Kier molecular flexibility index (Phi) is 3.48. The predicted octanol–water partition coefficient (Wildman–Crippen LogP) is -0.562. The third-order valence-corrected chi connectivity index (χ3v) is 1.30. The molecular weight excluding hydrogens is 144 g/mol. The van der Waals surface area contributed by atoms with Crippen molar-refractivity contribution in [2.45, 2.75) is 12.5 Å². The molecule has 4 heteroatoms. The third-order valence-electron chi connectivity index (χ3n) is 1.30. The summed E-state index contributed by atoms with van der Waals surface area (Å²) in [5, 5.41) is 0. The van der Waals surface area contributed by atoms with Gasteiger partial charge in [-0.15, -0.1) is 0 Å². The molecule has 2 N–H and O–H groups in total. The van der Waals surface area contributed by atoms with E-state index < -0.39 is 5.54 Å². The fourth-order valence-electron chi connectivity index (χ4n) is 0.955. The Morgan fingerprint density at radius 1 is 1.64 bits per heavy atom. The van der Waals surface area contributed by atoms with Crippen LogP contribution in [0.15, 0.2) is 0 Å². The van der Waals surface area contributed by atoms with Crippen LogP contribution in [0.25, 0.3) is 0 Å². The molecule has 0 aliphatic rings. The molecule has 0 aromatic carbocycles. The SMILES string of the molecule is COC(=O)C(C)(N)CN(C)C. The standard InChI is InChI=1S/C7H16N2O2/c1-7(8,5-9(2)3)6(10)11-4/h5,8H2,1-4H3. The van der Waals surface area contributed by atoms with Crippen molar-refractivity contribution in [3.63, 3.8) is 0 Å². The minimum Gasteiger partial charge on any atom is -0.468 e. The molecule has 11 heavy (non-hydrogen) atoms. The van der Waals surface area contributed by atoms with Crippen molar-refractivity contribution in [3.8, 4) is 0 Å². The molecule has 0 fully saturated rings. The first-order chi connectivity index (χ1) is 4.90. The number of carbonyl (C=O) groups is 1. The predicted molar refractivity (Wildman–Crippen MR) is 43.2 cm³/mol. The molecule has 0 rings (SSSR count). The Morgan fingerprint density at radius 2 is 2.09 bits per heavy atom. The number of nitrogens with two attached hydrogens (primary N) is 1. The molecule has 0 saturated carbocycles. The Hall–Kier alpha value is -0.610. The van der Waals surface area contributed by atoms with Crippen LogP contribution in [0.2, 0.25) is 0 Å². The Labute approximate surface area is 67.3 Å². The highest BCUT2D eigenvalue weighted by molar-refractivity contribution is 5.80. The van der Waals surface area contributed by atoms with Gasteiger partial charge in [-0.25, -0.2) is 0 Å². The molecule has 0 aliphatic carbocycles. The van der Waals surface area contributed by atoms with E-state index in [9.17, 15) is 4.79 Å². The normalized spacial score (nSPS) is 16.2. The summed E-state index contributed by atoms with van der Waals surface area (Å²) >= 11 is 0. The second kappa shape index (κ2) is 3.69. The molecule has 0 aromatic heterocycles. The Morgan fingerprint density at radius 3 is 2.36 bits per heavy atom. The smallest absolute Gasteiger partial charge is 0.326 e. The van der Waals surface area contributed by atoms with Gasteiger partial charge in [-0.3, -0.25) is 4.79 Å². The van der Waals surface area contributed by atoms with Crippen molar-refractivity contribution >= 4 is 5.97 Å². The Bertz CT molecular complexity index is 143. The number of esters is 1. The molecule has 0 aromatic rings. The lowest BCUT2D eigenvalue weighted by Crippen LogP contribution is -2.52. The lowest BCUT2D eigenvalue weighted by Gasteiger charge is -2.24. The van der Waals surface area contributed by atoms with E-state index in [0.29, 0.717) is 6.54 Å². The van der Waals surface area contributed by atoms with Gasteiger partial charge in [0.1, 0.15) is 5.54 Å². The van der Waals surface area contributed by atoms with Crippen LogP contribution < -0.4 is 5.73 Å². The van der Waals surface area contributed by atoms with E-state index in [-0.39, 0.29) is 5.97 Å². The molecule has 0 radical (unpaired) electrons. The van der Waals surface area contributed by atoms with Crippen LogP contribution in [0.1, 0.15) is 6.92 Å². The van der Waals surface area contributed by atoms with Gasteiger partial charge in [-0.2, -0.15) is 0 Å². The van der Waals surface area contributed by atoms with Gasteiger partial charge in [0.2, 0.25) is 0 Å². The highest BCUT2D eigenvalue weighted by atomic mass is 16.5. The number of nitrogens with zero attached hydrogens (tertiary/aromatic N) is 1. The van der Waals surface area contributed by atoms with Crippen molar-refractivity contribution in [1.82, 2.24) is 4.90 Å². The maximum atomic E-state index is 11.0. The highest BCUT2D eigenvalue weighted by Gasteiger charge is 2.29. The summed E-state index contributed by atoms with van der Waals surface area (Å²) in [6.45, 7) is 2.14. The zero-order valence-corrected chi connectivity index (χ0v) is 7.55. The average molecular weight is 160 g/mol. The summed E-state index contributed by atoms with van der Waals surface area (Å²) in [7, 11) is 5.05. The average Bonchev–Trinajstić information content (AvgIpc) is 1.83. The third kappa shape index (κ3) is 3.34. The minimum absolute atomic E-state index is 0.383. The molecule has 0 spiro atoms. The number of rotatable bonds is 3. The molecule has 1 unspecified atom stereocenters. The lowest BCUT2D eigenvalue weighted by molar-refractivity contribution is -0.146. The van der Waals surface area contributed by atoms with Gasteiger partial charge >= 0.3 is 5.97 Å². The van der Waals surface area contributed by atoms with Crippen LogP contribution >= 0.6 is 0 Å². The first-order valence-electron chi connectivity index (χ1n) is 3.42. The number of hydrogen-bond donors (Lipinski definition) is 1. The maximum absolute atomic E-state index is 11.0. The van der Waals surface area contributed by atoms with Crippen molar-refractivity contribution in [2.24, 2.45) is 5.73 Å². The second-order valence-corrected chi connectivity index (χ2v) is 3.15. The van der Waals surface area contributed by atoms with E-state index in [4.69, 9.17) is 5.73 Å². The van der Waals surface area contributed by atoms with Gasteiger partial charge in [-0.05, 0) is 21.0 Å². The number of hydrogen-bond acceptors (Lipinski definition) is 4. The molecule has 0 saturated heterocycles. The van der Waals surface area contributed by atoms with Crippen LogP contribution in [0.4, 0.5) is 0 Å². The summed E-state index contributed by atoms with van der Waals surface area (Å²) in [6, 6.07) is 0. The van der Waals surface area contributed by atoms with Crippen LogP contribution in [0.5, 0.6) is 0 Å². The number of likely N-dealkylation sites (N-methyl/N-ethyl adjacent to an activating group) is 1. The van der Waals surface area contributed by atoms with Gasteiger partial charge in [0.05, 0.1) is 7.11 Å². The number of carbonyl (C=O) groups excluding carboxylic acids is 1. The molecule has 0 aliphatic heterocycles. The van der Waals surface area contributed by atoms with Crippen molar-refractivity contribution in [2.75, 3.05) is 27.7 Å². The van der Waals surface area contributed by atoms with Crippen molar-refractivity contribution in [1.29, 1.82) is 0 Å². The van der Waals surface area contributed by atoms with Gasteiger partial charge in [0.25, 0.3) is 0 Å². The fraction of sp³-hybridized carbons (Fsp3) is 0.857. The summed E-state index contributed by atoms with van der Waals surface area (Å²) < 4.78 is 4.53. The van der Waals surface area contributed by atoms with E-state index in [1.165, 1.54) is 7.11 Å².